The van der Waals surface area contributed by atoms with Crippen LogP contribution in [-0.2, 0) is 11.3 Å². The van der Waals surface area contributed by atoms with Crippen LogP contribution < -0.4 is 11.3 Å². The van der Waals surface area contributed by atoms with Crippen molar-refractivity contribution in [2.24, 2.45) is 11.7 Å². The number of aromatic nitrogens is 2. The summed E-state index contributed by atoms with van der Waals surface area (Å²) in [6.07, 6.45) is 1.82. The second-order valence-corrected chi connectivity index (χ2v) is 7.84. The van der Waals surface area contributed by atoms with E-state index in [1.165, 1.54) is 27.8 Å². The standard InChI is InChI=1S/C20H22N4O2S.ClH/c21-10-15-11-24(12-17(15)14-4-2-1-3-5-14)18(25)6-8-23-13-22-19-16(20(23)26)7-9-27-19;/h1-5,7,9,13,15,17H,6,8,10-12,21H2;1H/t15-,17+;/m1./s1. The van der Waals surface area contributed by atoms with Crippen LogP contribution in [0.25, 0.3) is 10.2 Å². The van der Waals surface area contributed by atoms with E-state index in [2.05, 4.69) is 17.1 Å². The van der Waals surface area contributed by atoms with Crippen molar-refractivity contribution in [3.05, 3.63) is 64.0 Å². The SMILES string of the molecule is Cl.NC[C@@H]1CN(C(=O)CCn2cnc3sccc3c2=O)C[C@H]1c1ccccc1. The van der Waals surface area contributed by atoms with Crippen molar-refractivity contribution < 1.29 is 4.79 Å². The number of nitrogens with zero attached hydrogens (tertiary/aromatic N) is 3. The number of carbonyl (C=O) groups is 1. The Hall–Kier alpha value is -2.22. The van der Waals surface area contributed by atoms with Crippen molar-refractivity contribution >= 4 is 39.9 Å². The van der Waals surface area contributed by atoms with E-state index in [4.69, 9.17) is 5.73 Å². The number of thiophene rings is 1. The smallest absolute Gasteiger partial charge is 0.262 e. The Morgan fingerprint density at radius 2 is 2.00 bits per heavy atom. The zero-order valence-electron chi connectivity index (χ0n) is 15.4. The molecule has 2 atom stereocenters. The van der Waals surface area contributed by atoms with Gasteiger partial charge >= 0.3 is 0 Å². The first-order valence-corrected chi connectivity index (χ1v) is 10.0. The highest BCUT2D eigenvalue weighted by Gasteiger charge is 2.34. The minimum absolute atomic E-state index is 0. The van der Waals surface area contributed by atoms with E-state index in [0.29, 0.717) is 31.6 Å². The van der Waals surface area contributed by atoms with Crippen molar-refractivity contribution in [1.29, 1.82) is 0 Å². The third-order valence-corrected chi connectivity index (χ3v) is 6.16. The molecule has 1 saturated heterocycles. The average molecular weight is 419 g/mol. The molecule has 0 saturated carbocycles. The number of fused-ring (bicyclic) bond motifs is 1. The predicted molar refractivity (Wildman–Crippen MR) is 114 cm³/mol. The molecule has 0 spiro atoms. The molecule has 1 fully saturated rings. The van der Waals surface area contributed by atoms with Gasteiger partial charge in [-0.05, 0) is 29.5 Å². The number of benzene rings is 1. The lowest BCUT2D eigenvalue weighted by molar-refractivity contribution is -0.130. The molecule has 28 heavy (non-hydrogen) atoms. The molecular weight excluding hydrogens is 396 g/mol. The Morgan fingerprint density at radius 1 is 1.21 bits per heavy atom. The van der Waals surface area contributed by atoms with E-state index in [9.17, 15) is 9.59 Å². The van der Waals surface area contributed by atoms with Crippen molar-refractivity contribution in [3.8, 4) is 0 Å². The number of nitrogens with two attached hydrogens (primary N) is 1. The summed E-state index contributed by atoms with van der Waals surface area (Å²) in [5, 5.41) is 2.47. The number of carbonyl (C=O) groups excluding carboxylic acids is 1. The van der Waals surface area contributed by atoms with Gasteiger partial charge in [-0.25, -0.2) is 4.98 Å². The number of rotatable bonds is 5. The highest BCUT2D eigenvalue weighted by Crippen LogP contribution is 2.32. The molecule has 1 aromatic carbocycles. The quantitative estimate of drug-likeness (QED) is 0.690. The van der Waals surface area contributed by atoms with Crippen LogP contribution in [0.5, 0.6) is 0 Å². The van der Waals surface area contributed by atoms with Crippen LogP contribution in [0, 0.1) is 5.92 Å². The highest BCUT2D eigenvalue weighted by atomic mass is 35.5. The Bertz CT molecular complexity index is 1000. The minimum atomic E-state index is -0.0857. The molecule has 4 rings (SSSR count). The first-order chi connectivity index (χ1) is 13.2. The zero-order valence-corrected chi connectivity index (χ0v) is 17.0. The molecule has 0 unspecified atom stereocenters. The van der Waals surface area contributed by atoms with Gasteiger partial charge in [-0.15, -0.1) is 23.7 Å². The summed E-state index contributed by atoms with van der Waals surface area (Å²) in [5.41, 5.74) is 7.10. The third kappa shape index (κ3) is 3.97. The van der Waals surface area contributed by atoms with Crippen molar-refractivity contribution in [2.75, 3.05) is 19.6 Å². The van der Waals surface area contributed by atoms with E-state index in [0.717, 1.165) is 4.83 Å². The van der Waals surface area contributed by atoms with Crippen LogP contribution in [-0.4, -0.2) is 40.0 Å². The molecular formula is C20H23ClN4O2S. The van der Waals surface area contributed by atoms with Crippen LogP contribution in [0.3, 0.4) is 0 Å². The molecule has 8 heteroatoms. The second-order valence-electron chi connectivity index (χ2n) is 6.94. The molecule has 6 nitrogen and oxygen atoms in total. The molecule has 0 radical (unpaired) electrons. The fraction of sp³-hybridized carbons (Fsp3) is 0.350. The van der Waals surface area contributed by atoms with Gasteiger partial charge in [0.1, 0.15) is 4.83 Å². The maximum Gasteiger partial charge on any atom is 0.262 e. The summed E-state index contributed by atoms with van der Waals surface area (Å²) < 4.78 is 1.53. The molecule has 0 bridgehead atoms. The molecule has 1 amide bonds. The molecule has 1 aliphatic heterocycles. The van der Waals surface area contributed by atoms with E-state index >= 15 is 0 Å². The van der Waals surface area contributed by atoms with Gasteiger partial charge in [-0.2, -0.15) is 0 Å². The summed E-state index contributed by atoms with van der Waals surface area (Å²) in [5.74, 6) is 0.596. The van der Waals surface area contributed by atoms with Gasteiger partial charge in [0.25, 0.3) is 5.56 Å². The highest BCUT2D eigenvalue weighted by molar-refractivity contribution is 7.16. The minimum Gasteiger partial charge on any atom is -0.342 e. The molecule has 1 aliphatic rings. The monoisotopic (exact) mass is 418 g/mol. The fourth-order valence-electron chi connectivity index (χ4n) is 3.82. The Balaban J connectivity index is 0.00000225. The van der Waals surface area contributed by atoms with E-state index < -0.39 is 0 Å². The topological polar surface area (TPSA) is 81.2 Å². The maximum absolute atomic E-state index is 12.7. The van der Waals surface area contributed by atoms with Crippen LogP contribution in [0.4, 0.5) is 0 Å². The van der Waals surface area contributed by atoms with Gasteiger partial charge in [0, 0.05) is 32.0 Å². The lowest BCUT2D eigenvalue weighted by Crippen LogP contribution is -2.31. The van der Waals surface area contributed by atoms with Crippen LogP contribution in [0.15, 0.2) is 52.9 Å². The molecule has 0 aliphatic carbocycles. The number of halogens is 1. The van der Waals surface area contributed by atoms with Crippen molar-refractivity contribution in [1.82, 2.24) is 14.5 Å². The molecule has 3 heterocycles. The number of aryl methyl sites for hydroxylation is 1. The lowest BCUT2D eigenvalue weighted by Gasteiger charge is -2.17. The van der Waals surface area contributed by atoms with Gasteiger partial charge in [-0.1, -0.05) is 30.3 Å². The Kier molecular flexibility index (Phi) is 6.49. The van der Waals surface area contributed by atoms with Gasteiger partial charge in [0.05, 0.1) is 11.7 Å². The normalized spacial score (nSPS) is 19.0. The van der Waals surface area contributed by atoms with E-state index in [1.807, 2.05) is 28.5 Å². The summed E-state index contributed by atoms with van der Waals surface area (Å²) in [6, 6.07) is 12.0. The zero-order chi connectivity index (χ0) is 18.8. The van der Waals surface area contributed by atoms with Gasteiger partial charge in [0.15, 0.2) is 0 Å². The van der Waals surface area contributed by atoms with Crippen LogP contribution in [0.1, 0.15) is 17.9 Å². The van der Waals surface area contributed by atoms with Crippen molar-refractivity contribution in [2.45, 2.75) is 18.9 Å². The lowest BCUT2D eigenvalue weighted by atomic mass is 9.89. The summed E-state index contributed by atoms with van der Waals surface area (Å²) in [7, 11) is 0. The van der Waals surface area contributed by atoms with Crippen LogP contribution in [0.2, 0.25) is 0 Å². The number of hydrogen-bond acceptors (Lipinski definition) is 5. The van der Waals surface area contributed by atoms with E-state index in [1.54, 1.807) is 6.07 Å². The summed E-state index contributed by atoms with van der Waals surface area (Å²) in [4.78, 5) is 32.1. The maximum atomic E-state index is 12.7. The van der Waals surface area contributed by atoms with Gasteiger partial charge in [0.2, 0.25) is 5.91 Å². The number of hydrogen-bond donors (Lipinski definition) is 1. The predicted octanol–water partition coefficient (Wildman–Crippen LogP) is 2.47. The third-order valence-electron chi connectivity index (χ3n) is 5.34. The Labute approximate surface area is 173 Å². The summed E-state index contributed by atoms with van der Waals surface area (Å²) in [6.45, 7) is 2.25. The molecule has 148 valence electrons. The first kappa shape index (κ1) is 20.5. The Morgan fingerprint density at radius 3 is 2.75 bits per heavy atom. The largest absolute Gasteiger partial charge is 0.342 e. The average Bonchev–Trinajstić information content (AvgIpc) is 3.35. The number of amides is 1. The van der Waals surface area contributed by atoms with Gasteiger partial charge < -0.3 is 10.6 Å². The second kappa shape index (κ2) is 8.86. The first-order valence-electron chi connectivity index (χ1n) is 9.13. The van der Waals surface area contributed by atoms with Crippen LogP contribution >= 0.6 is 23.7 Å². The molecule has 2 aromatic heterocycles. The molecule has 2 N–H and O–H groups in total. The number of likely N-dealkylation sites (tertiary alicyclic amines) is 1. The molecule has 3 aromatic rings. The van der Waals surface area contributed by atoms with Crippen molar-refractivity contribution in [3.63, 3.8) is 0 Å². The fourth-order valence-corrected chi connectivity index (χ4v) is 4.54. The van der Waals surface area contributed by atoms with Gasteiger partial charge in [-0.3, -0.25) is 14.2 Å². The van der Waals surface area contributed by atoms with E-state index in [-0.39, 0.29) is 42.1 Å². The summed E-state index contributed by atoms with van der Waals surface area (Å²) >= 11 is 1.44.